The predicted molar refractivity (Wildman–Crippen MR) is 102 cm³/mol. The first-order chi connectivity index (χ1) is 12.1. The largest absolute Gasteiger partial charge is 0.396 e. The van der Waals surface area contributed by atoms with E-state index in [2.05, 4.69) is 19.1 Å². The molecule has 0 radical (unpaired) electrons. The van der Waals surface area contributed by atoms with Gasteiger partial charge in [0.05, 0.1) is 18.3 Å². The number of rotatable bonds is 13. The van der Waals surface area contributed by atoms with Gasteiger partial charge in [-0.15, -0.1) is 0 Å². The fourth-order valence-corrected chi connectivity index (χ4v) is 3.66. The van der Waals surface area contributed by atoms with Crippen LogP contribution in [0.25, 0.3) is 0 Å². The van der Waals surface area contributed by atoms with Gasteiger partial charge in [-0.1, -0.05) is 50.5 Å². The summed E-state index contributed by atoms with van der Waals surface area (Å²) in [6.45, 7) is 2.41. The molecule has 4 heteroatoms. The van der Waals surface area contributed by atoms with Gasteiger partial charge in [-0.05, 0) is 38.0 Å². The van der Waals surface area contributed by atoms with Gasteiger partial charge < -0.3 is 20.1 Å². The van der Waals surface area contributed by atoms with Gasteiger partial charge in [0.1, 0.15) is 0 Å². The third kappa shape index (κ3) is 8.50. The van der Waals surface area contributed by atoms with Gasteiger partial charge in [-0.25, -0.2) is 0 Å². The number of hydrogen-bond acceptors (Lipinski definition) is 4. The van der Waals surface area contributed by atoms with E-state index in [1.54, 1.807) is 7.11 Å². The molecule has 0 saturated heterocycles. The molecule has 0 amide bonds. The molecule has 0 aliphatic heterocycles. The third-order valence-corrected chi connectivity index (χ3v) is 5.21. The molecule has 5 unspecified atom stereocenters. The van der Waals surface area contributed by atoms with Crippen molar-refractivity contribution in [2.75, 3.05) is 13.7 Å². The van der Waals surface area contributed by atoms with E-state index in [1.807, 2.05) is 12.2 Å². The lowest BCUT2D eigenvalue weighted by atomic mass is 9.89. The lowest BCUT2D eigenvalue weighted by molar-refractivity contribution is 0.0636. The third-order valence-electron chi connectivity index (χ3n) is 5.21. The van der Waals surface area contributed by atoms with Crippen molar-refractivity contribution in [2.45, 2.75) is 83.0 Å². The van der Waals surface area contributed by atoms with Crippen molar-refractivity contribution in [3.05, 3.63) is 24.3 Å². The molecule has 5 atom stereocenters. The summed E-state index contributed by atoms with van der Waals surface area (Å²) in [4.78, 5) is 0. The normalized spacial score (nSPS) is 28.4. The molecule has 1 fully saturated rings. The number of unbranched alkanes of at least 4 members (excludes halogenated alkanes) is 4. The molecule has 4 nitrogen and oxygen atoms in total. The van der Waals surface area contributed by atoms with E-state index in [0.29, 0.717) is 6.42 Å². The second kappa shape index (κ2) is 13.5. The number of ether oxygens (including phenoxy) is 1. The molecule has 1 aliphatic rings. The maximum Gasteiger partial charge on any atom is 0.0721 e. The summed E-state index contributed by atoms with van der Waals surface area (Å²) in [5, 5.41) is 29.3. The van der Waals surface area contributed by atoms with E-state index in [4.69, 9.17) is 9.84 Å². The van der Waals surface area contributed by atoms with Crippen LogP contribution in [0.4, 0.5) is 0 Å². The van der Waals surface area contributed by atoms with Crippen molar-refractivity contribution >= 4 is 0 Å². The molecule has 146 valence electrons. The highest BCUT2D eigenvalue weighted by Crippen LogP contribution is 2.38. The molecule has 1 saturated carbocycles. The quantitative estimate of drug-likeness (QED) is 0.349. The summed E-state index contributed by atoms with van der Waals surface area (Å²) in [6, 6.07) is 0. The Labute approximate surface area is 153 Å². The molecule has 25 heavy (non-hydrogen) atoms. The second-order valence-corrected chi connectivity index (χ2v) is 7.19. The van der Waals surface area contributed by atoms with Crippen LogP contribution in [0.5, 0.6) is 0 Å². The van der Waals surface area contributed by atoms with Crippen LogP contribution in [-0.2, 0) is 4.74 Å². The van der Waals surface area contributed by atoms with Crippen LogP contribution >= 0.6 is 0 Å². The van der Waals surface area contributed by atoms with Crippen LogP contribution in [0.1, 0.15) is 64.7 Å². The maximum atomic E-state index is 10.4. The standard InChI is InChI=1S/C21H38O4/c1-3-4-8-11-17(23)13-14-18-19(21(25-2)16-20(18)24)12-9-6-5-7-10-15-22/h6,9,13-14,17-24H,3-5,7-8,10-12,15-16H2,1-2H3. The van der Waals surface area contributed by atoms with Crippen LogP contribution in [0.3, 0.4) is 0 Å². The zero-order valence-electron chi connectivity index (χ0n) is 16.0. The number of allylic oxidation sites excluding steroid dienone is 2. The minimum absolute atomic E-state index is 0.0351. The smallest absolute Gasteiger partial charge is 0.0721 e. The SMILES string of the molecule is CCCCCC(O)C=CC1C(O)CC(OC)C1CC=CCCCCO. The highest BCUT2D eigenvalue weighted by atomic mass is 16.5. The molecule has 0 spiro atoms. The van der Waals surface area contributed by atoms with Crippen molar-refractivity contribution in [1.82, 2.24) is 0 Å². The van der Waals surface area contributed by atoms with Crippen LogP contribution in [-0.4, -0.2) is 47.3 Å². The molecular weight excluding hydrogens is 316 g/mol. The monoisotopic (exact) mass is 354 g/mol. The fourth-order valence-electron chi connectivity index (χ4n) is 3.66. The molecule has 0 bridgehead atoms. The molecular formula is C21H38O4. The topological polar surface area (TPSA) is 69.9 Å². The van der Waals surface area contributed by atoms with E-state index in [1.165, 1.54) is 0 Å². The summed E-state index contributed by atoms with van der Waals surface area (Å²) < 4.78 is 5.58. The van der Waals surface area contributed by atoms with E-state index in [9.17, 15) is 10.2 Å². The van der Waals surface area contributed by atoms with Crippen molar-refractivity contribution in [1.29, 1.82) is 0 Å². The van der Waals surface area contributed by atoms with E-state index < -0.39 is 12.2 Å². The van der Waals surface area contributed by atoms with E-state index >= 15 is 0 Å². The predicted octanol–water partition coefficient (Wildman–Crippen LogP) is 3.60. The first-order valence-electron chi connectivity index (χ1n) is 9.97. The molecule has 0 aromatic heterocycles. The van der Waals surface area contributed by atoms with Crippen LogP contribution < -0.4 is 0 Å². The lowest BCUT2D eigenvalue weighted by Gasteiger charge is -2.21. The Morgan fingerprint density at radius 2 is 1.96 bits per heavy atom. The number of aliphatic hydroxyl groups is 3. The first-order valence-corrected chi connectivity index (χ1v) is 9.97. The van der Waals surface area contributed by atoms with Gasteiger partial charge in [0.2, 0.25) is 0 Å². The lowest BCUT2D eigenvalue weighted by Crippen LogP contribution is -2.21. The van der Waals surface area contributed by atoms with Gasteiger partial charge in [0, 0.05) is 26.1 Å². The summed E-state index contributed by atoms with van der Waals surface area (Å²) in [5.74, 6) is 0.279. The van der Waals surface area contributed by atoms with Gasteiger partial charge in [-0.3, -0.25) is 0 Å². The van der Waals surface area contributed by atoms with Gasteiger partial charge in [0.15, 0.2) is 0 Å². The van der Waals surface area contributed by atoms with Gasteiger partial charge >= 0.3 is 0 Å². The van der Waals surface area contributed by atoms with E-state index in [-0.39, 0.29) is 24.5 Å². The van der Waals surface area contributed by atoms with Crippen LogP contribution in [0.15, 0.2) is 24.3 Å². The zero-order valence-corrected chi connectivity index (χ0v) is 16.0. The Morgan fingerprint density at radius 3 is 2.64 bits per heavy atom. The summed E-state index contributed by atoms with van der Waals surface area (Å²) in [6.07, 6.45) is 15.9. The summed E-state index contributed by atoms with van der Waals surface area (Å²) in [5.41, 5.74) is 0. The van der Waals surface area contributed by atoms with Gasteiger partial charge in [-0.2, -0.15) is 0 Å². The second-order valence-electron chi connectivity index (χ2n) is 7.19. The summed E-state index contributed by atoms with van der Waals surface area (Å²) in [7, 11) is 1.71. The molecule has 0 heterocycles. The van der Waals surface area contributed by atoms with Crippen LogP contribution in [0.2, 0.25) is 0 Å². The first kappa shape index (κ1) is 22.4. The molecule has 0 aromatic rings. The highest BCUT2D eigenvalue weighted by molar-refractivity contribution is 5.06. The maximum absolute atomic E-state index is 10.4. The van der Waals surface area contributed by atoms with Crippen molar-refractivity contribution in [3.8, 4) is 0 Å². The summed E-state index contributed by atoms with van der Waals surface area (Å²) >= 11 is 0. The fraction of sp³-hybridized carbons (Fsp3) is 0.810. The van der Waals surface area contributed by atoms with Gasteiger partial charge in [0.25, 0.3) is 0 Å². The van der Waals surface area contributed by atoms with E-state index in [0.717, 1.165) is 51.4 Å². The Hall–Kier alpha value is -0.680. The Bertz CT molecular complexity index is 380. The average molecular weight is 355 g/mol. The minimum Gasteiger partial charge on any atom is -0.396 e. The minimum atomic E-state index is -0.421. The number of methoxy groups -OCH3 is 1. The average Bonchev–Trinajstić information content (AvgIpc) is 2.91. The Kier molecular flexibility index (Phi) is 12.1. The molecule has 1 aliphatic carbocycles. The van der Waals surface area contributed by atoms with Crippen molar-refractivity contribution in [3.63, 3.8) is 0 Å². The number of hydrogen-bond donors (Lipinski definition) is 3. The van der Waals surface area contributed by atoms with Crippen LogP contribution in [0, 0.1) is 11.8 Å². The Morgan fingerprint density at radius 1 is 1.16 bits per heavy atom. The van der Waals surface area contributed by atoms with Crippen molar-refractivity contribution < 1.29 is 20.1 Å². The number of aliphatic hydroxyl groups excluding tert-OH is 3. The Balaban J connectivity index is 2.54. The molecule has 3 N–H and O–H groups in total. The zero-order chi connectivity index (χ0) is 18.5. The molecule has 0 aromatic carbocycles. The van der Waals surface area contributed by atoms with Crippen molar-refractivity contribution in [2.24, 2.45) is 11.8 Å². The molecule has 1 rings (SSSR count). The highest BCUT2D eigenvalue weighted by Gasteiger charge is 2.40.